The maximum Gasteiger partial charge on any atom is 0.247 e. The van der Waals surface area contributed by atoms with Gasteiger partial charge in [-0.15, -0.1) is 0 Å². The summed E-state index contributed by atoms with van der Waals surface area (Å²) in [6.07, 6.45) is 8.58. The van der Waals surface area contributed by atoms with E-state index in [1.807, 2.05) is 30.5 Å². The summed E-state index contributed by atoms with van der Waals surface area (Å²) in [6.45, 7) is 1.30. The Morgan fingerprint density at radius 3 is 2.89 bits per heavy atom. The minimum atomic E-state index is -0.890. The van der Waals surface area contributed by atoms with E-state index < -0.39 is 11.3 Å². The lowest BCUT2D eigenvalue weighted by Gasteiger charge is -2.21. The van der Waals surface area contributed by atoms with Crippen LogP contribution in [0.5, 0.6) is 0 Å². The molecule has 2 atom stereocenters. The molecule has 1 saturated carbocycles. The molecule has 36 heavy (non-hydrogen) atoms. The molecule has 1 aliphatic heterocycles. The Labute approximate surface area is 209 Å². The maximum atomic E-state index is 13.1. The van der Waals surface area contributed by atoms with Crippen LogP contribution in [0.2, 0.25) is 0 Å². The Morgan fingerprint density at radius 2 is 2.14 bits per heavy atom. The van der Waals surface area contributed by atoms with E-state index in [1.54, 1.807) is 34.1 Å². The number of aldehydes is 1. The highest BCUT2D eigenvalue weighted by Gasteiger charge is 2.56. The molecule has 184 valence electrons. The lowest BCUT2D eigenvalue weighted by molar-refractivity contribution is -0.123. The third-order valence-electron chi connectivity index (χ3n) is 7.16. The highest BCUT2D eigenvalue weighted by molar-refractivity contribution is 6.02. The average molecular weight is 485 g/mol. The van der Waals surface area contributed by atoms with Crippen LogP contribution in [0.4, 0.5) is 11.5 Å². The zero-order valence-corrected chi connectivity index (χ0v) is 19.9. The van der Waals surface area contributed by atoms with Crippen LogP contribution in [0.25, 0.3) is 11.1 Å². The second-order valence-electron chi connectivity index (χ2n) is 9.43. The smallest absolute Gasteiger partial charge is 0.247 e. The molecule has 3 heterocycles. The number of nitrogens with zero attached hydrogens (tertiary/aromatic N) is 5. The first-order chi connectivity index (χ1) is 17.6. The van der Waals surface area contributed by atoms with Gasteiger partial charge in [0, 0.05) is 42.8 Å². The molecular weight excluding hydrogens is 456 g/mol. The number of rotatable bonds is 10. The standard InChI is InChI=1S/C27H28N6O3/c28-18-27(23-4-5-23)7-9-33(26(27)36)24-6-8-29-25(13-24)30-14-22(17-35)20-3-1-2-19(12-20)21-15-31-32(16-21)10-11-34/h1-3,6,8,12-13,15-17,22-23,34H,4-5,7,9-11,14H2,(H,29,30)/t22?,27-/m1/s1. The molecule has 1 amide bonds. The van der Waals surface area contributed by atoms with E-state index in [1.165, 1.54) is 0 Å². The van der Waals surface area contributed by atoms with Crippen LogP contribution in [0.1, 0.15) is 30.7 Å². The van der Waals surface area contributed by atoms with E-state index >= 15 is 0 Å². The number of nitrogens with one attached hydrogen (secondary N) is 1. The summed E-state index contributed by atoms with van der Waals surface area (Å²) < 4.78 is 1.68. The van der Waals surface area contributed by atoms with E-state index in [-0.39, 0.29) is 18.4 Å². The molecule has 0 bridgehead atoms. The van der Waals surface area contributed by atoms with Gasteiger partial charge >= 0.3 is 0 Å². The first kappa shape index (κ1) is 23.7. The molecule has 2 aliphatic rings. The molecule has 2 N–H and O–H groups in total. The van der Waals surface area contributed by atoms with Crippen LogP contribution >= 0.6 is 0 Å². The predicted octanol–water partition coefficient (Wildman–Crippen LogP) is 2.99. The summed E-state index contributed by atoms with van der Waals surface area (Å²) >= 11 is 0. The summed E-state index contributed by atoms with van der Waals surface area (Å²) in [5, 5.41) is 26.3. The first-order valence-corrected chi connectivity index (χ1v) is 12.2. The van der Waals surface area contributed by atoms with E-state index in [0.717, 1.165) is 35.8 Å². The number of nitriles is 1. The number of aromatic nitrogens is 3. The second-order valence-corrected chi connectivity index (χ2v) is 9.43. The van der Waals surface area contributed by atoms with Gasteiger partial charge in [-0.1, -0.05) is 24.3 Å². The van der Waals surface area contributed by atoms with Crippen LogP contribution in [0, 0.1) is 22.7 Å². The number of carbonyl (C=O) groups excluding carboxylic acids is 2. The minimum Gasteiger partial charge on any atom is -0.394 e. The van der Waals surface area contributed by atoms with Gasteiger partial charge in [-0.2, -0.15) is 10.4 Å². The molecule has 2 aromatic heterocycles. The Hall–Kier alpha value is -4.03. The van der Waals surface area contributed by atoms with Gasteiger partial charge in [0.25, 0.3) is 0 Å². The van der Waals surface area contributed by atoms with Gasteiger partial charge in [0.1, 0.15) is 17.5 Å². The van der Waals surface area contributed by atoms with Gasteiger partial charge in [0.05, 0.1) is 31.3 Å². The van der Waals surface area contributed by atoms with Crippen LogP contribution in [-0.2, 0) is 16.1 Å². The van der Waals surface area contributed by atoms with Crippen LogP contribution in [0.3, 0.4) is 0 Å². The number of benzene rings is 1. The van der Waals surface area contributed by atoms with E-state index in [4.69, 9.17) is 5.11 Å². The summed E-state index contributed by atoms with van der Waals surface area (Å²) in [5.74, 6) is 0.217. The molecule has 1 aromatic carbocycles. The van der Waals surface area contributed by atoms with E-state index in [0.29, 0.717) is 37.6 Å². The number of aliphatic hydroxyl groups excluding tert-OH is 1. The summed E-state index contributed by atoms with van der Waals surface area (Å²) in [7, 11) is 0. The number of amides is 1. The third kappa shape index (κ3) is 4.48. The fraction of sp³-hybridized carbons (Fsp3) is 0.370. The predicted molar refractivity (Wildman–Crippen MR) is 134 cm³/mol. The number of hydrogen-bond donors (Lipinski definition) is 2. The maximum absolute atomic E-state index is 13.1. The van der Waals surface area contributed by atoms with Gasteiger partial charge in [0.2, 0.25) is 5.91 Å². The highest BCUT2D eigenvalue weighted by atomic mass is 16.3. The zero-order chi connectivity index (χ0) is 25.1. The van der Waals surface area contributed by atoms with Crippen LogP contribution in [-0.4, -0.2) is 51.8 Å². The number of aliphatic hydroxyl groups is 1. The molecule has 3 aromatic rings. The minimum absolute atomic E-state index is 0.0148. The fourth-order valence-corrected chi connectivity index (χ4v) is 4.96. The highest BCUT2D eigenvalue weighted by Crippen LogP contribution is 2.51. The summed E-state index contributed by atoms with van der Waals surface area (Å²) in [6, 6.07) is 13.6. The van der Waals surface area contributed by atoms with Crippen molar-refractivity contribution in [3.05, 3.63) is 60.6 Å². The van der Waals surface area contributed by atoms with Crippen molar-refractivity contribution in [3.63, 3.8) is 0 Å². The molecule has 0 radical (unpaired) electrons. The molecule has 9 heteroatoms. The van der Waals surface area contributed by atoms with E-state index in [9.17, 15) is 14.9 Å². The molecular formula is C27H28N6O3. The van der Waals surface area contributed by atoms with Gasteiger partial charge in [-0.25, -0.2) is 4.98 Å². The number of pyridine rings is 1. The van der Waals surface area contributed by atoms with Crippen molar-refractivity contribution < 1.29 is 14.7 Å². The Morgan fingerprint density at radius 1 is 1.28 bits per heavy atom. The van der Waals surface area contributed by atoms with Crippen molar-refractivity contribution >= 4 is 23.7 Å². The van der Waals surface area contributed by atoms with Gasteiger partial charge in [-0.3, -0.25) is 9.48 Å². The SMILES string of the molecule is N#C[C@@]1(C2CC2)CCN(c2ccnc(NCC(C=O)c3cccc(-c4cnn(CCO)c4)c3)c2)C1=O. The van der Waals surface area contributed by atoms with Crippen molar-refractivity contribution in [2.45, 2.75) is 31.7 Å². The zero-order valence-electron chi connectivity index (χ0n) is 19.9. The monoisotopic (exact) mass is 484 g/mol. The molecule has 1 saturated heterocycles. The average Bonchev–Trinajstić information content (AvgIpc) is 3.56. The number of anilines is 2. The van der Waals surface area contributed by atoms with Crippen LogP contribution in [0.15, 0.2) is 55.0 Å². The summed E-state index contributed by atoms with van der Waals surface area (Å²) in [4.78, 5) is 31.2. The largest absolute Gasteiger partial charge is 0.394 e. The fourth-order valence-electron chi connectivity index (χ4n) is 4.96. The van der Waals surface area contributed by atoms with Gasteiger partial charge in [-0.05, 0) is 42.4 Å². The Balaban J connectivity index is 1.28. The van der Waals surface area contributed by atoms with E-state index in [2.05, 4.69) is 21.5 Å². The first-order valence-electron chi connectivity index (χ1n) is 12.2. The molecule has 5 rings (SSSR count). The van der Waals surface area contributed by atoms with Crippen LogP contribution < -0.4 is 10.2 Å². The lowest BCUT2D eigenvalue weighted by atomic mass is 9.83. The van der Waals surface area contributed by atoms with Gasteiger partial charge < -0.3 is 20.1 Å². The summed E-state index contributed by atoms with van der Waals surface area (Å²) in [5.41, 5.74) is 2.53. The second kappa shape index (κ2) is 9.91. The number of hydrogen-bond acceptors (Lipinski definition) is 7. The Kier molecular flexibility index (Phi) is 6.53. The van der Waals surface area contributed by atoms with Crippen molar-refractivity contribution in [1.29, 1.82) is 5.26 Å². The van der Waals surface area contributed by atoms with Crippen molar-refractivity contribution in [3.8, 4) is 17.2 Å². The quantitative estimate of drug-likeness (QED) is 0.424. The lowest BCUT2D eigenvalue weighted by Crippen LogP contribution is -2.35. The molecule has 2 fully saturated rings. The van der Waals surface area contributed by atoms with Crippen molar-refractivity contribution in [2.24, 2.45) is 11.3 Å². The number of carbonyl (C=O) groups is 2. The molecule has 9 nitrogen and oxygen atoms in total. The topological polar surface area (TPSA) is 124 Å². The van der Waals surface area contributed by atoms with Crippen molar-refractivity contribution in [2.75, 3.05) is 29.9 Å². The van der Waals surface area contributed by atoms with Gasteiger partial charge in [0.15, 0.2) is 0 Å². The Bertz CT molecular complexity index is 1310. The molecule has 1 unspecified atom stereocenters. The normalized spacial score (nSPS) is 20.2. The molecule has 1 aliphatic carbocycles. The molecule has 0 spiro atoms. The van der Waals surface area contributed by atoms with Crippen molar-refractivity contribution in [1.82, 2.24) is 14.8 Å². The third-order valence-corrected chi connectivity index (χ3v) is 7.16.